The van der Waals surface area contributed by atoms with Crippen LogP contribution in [-0.4, -0.2) is 34.6 Å². The van der Waals surface area contributed by atoms with Gasteiger partial charge in [-0.05, 0) is 41.0 Å². The number of alkyl halides is 6. The van der Waals surface area contributed by atoms with Gasteiger partial charge in [-0.2, -0.15) is 26.3 Å². The van der Waals surface area contributed by atoms with Gasteiger partial charge >= 0.3 is 18.3 Å². The van der Waals surface area contributed by atoms with Crippen LogP contribution in [0, 0.1) is 0 Å². The van der Waals surface area contributed by atoms with E-state index in [1.807, 2.05) is 0 Å². The Morgan fingerprint density at radius 2 is 1.61 bits per heavy atom. The van der Waals surface area contributed by atoms with Crippen LogP contribution in [0.15, 0.2) is 73.1 Å². The second-order valence-corrected chi connectivity index (χ2v) is 8.50. The third-order valence-electron chi connectivity index (χ3n) is 5.74. The van der Waals surface area contributed by atoms with Crippen molar-refractivity contribution in [2.75, 3.05) is 6.54 Å². The molecule has 200 valence electrons. The fraction of sp³-hybridized carbons (Fsp3) is 0.269. The Balaban J connectivity index is 1.64. The number of ether oxygens (including phenoxy) is 2. The molecular formula is C26H20F6N2O4. The summed E-state index contributed by atoms with van der Waals surface area (Å²) in [6, 6.07) is 11.7. The summed E-state index contributed by atoms with van der Waals surface area (Å²) in [5, 5.41) is 0. The molecule has 2 heterocycles. The quantitative estimate of drug-likeness (QED) is 0.314. The molecule has 0 unspecified atom stereocenters. The van der Waals surface area contributed by atoms with Crippen molar-refractivity contribution in [2.45, 2.75) is 37.7 Å². The number of esters is 1. The van der Waals surface area contributed by atoms with Gasteiger partial charge in [-0.15, -0.1) is 0 Å². The molecule has 1 aliphatic heterocycles. The number of cyclic esters (lactones) is 1. The third kappa shape index (κ3) is 6.49. The van der Waals surface area contributed by atoms with Crippen molar-refractivity contribution >= 4 is 11.9 Å². The molecule has 0 radical (unpaired) electrons. The zero-order valence-corrected chi connectivity index (χ0v) is 19.5. The summed E-state index contributed by atoms with van der Waals surface area (Å²) in [5.74, 6) is -1.32. The first kappa shape index (κ1) is 27.1. The second kappa shape index (κ2) is 10.8. The highest BCUT2D eigenvalue weighted by Crippen LogP contribution is 2.37. The molecule has 4 rings (SSSR count). The molecule has 1 saturated heterocycles. The van der Waals surface area contributed by atoms with E-state index < -0.39 is 66.4 Å². The maximum absolute atomic E-state index is 13.3. The predicted molar refractivity (Wildman–Crippen MR) is 120 cm³/mol. The van der Waals surface area contributed by atoms with Crippen LogP contribution in [0.2, 0.25) is 0 Å². The van der Waals surface area contributed by atoms with Crippen LogP contribution in [0.5, 0.6) is 0 Å². The minimum atomic E-state index is -5.03. The lowest BCUT2D eigenvalue weighted by Crippen LogP contribution is -2.51. The lowest BCUT2D eigenvalue weighted by molar-refractivity contribution is -0.218. The normalized spacial score (nSPS) is 18.3. The zero-order chi connectivity index (χ0) is 27.5. The molecule has 3 aromatic rings. The summed E-state index contributed by atoms with van der Waals surface area (Å²) in [6.45, 7) is -1.18. The van der Waals surface area contributed by atoms with Gasteiger partial charge in [-0.3, -0.25) is 14.6 Å². The fourth-order valence-corrected chi connectivity index (χ4v) is 4.03. The van der Waals surface area contributed by atoms with Crippen molar-refractivity contribution in [3.63, 3.8) is 0 Å². The molecule has 2 aromatic carbocycles. The molecule has 0 aliphatic carbocycles. The summed E-state index contributed by atoms with van der Waals surface area (Å²) in [6.07, 6.45) is -8.66. The van der Waals surface area contributed by atoms with Gasteiger partial charge in [-0.25, -0.2) is 0 Å². The minimum Gasteiger partial charge on any atom is -0.432 e. The summed E-state index contributed by atoms with van der Waals surface area (Å²) in [7, 11) is 0. The van der Waals surface area contributed by atoms with Gasteiger partial charge < -0.3 is 14.4 Å². The number of pyridine rings is 1. The Morgan fingerprint density at radius 1 is 0.947 bits per heavy atom. The lowest BCUT2D eigenvalue weighted by Gasteiger charge is -2.40. The molecule has 1 fully saturated rings. The molecule has 0 saturated carbocycles. The third-order valence-corrected chi connectivity index (χ3v) is 5.74. The molecule has 12 heteroatoms. The van der Waals surface area contributed by atoms with E-state index in [0.717, 1.165) is 0 Å². The molecule has 6 nitrogen and oxygen atoms in total. The summed E-state index contributed by atoms with van der Waals surface area (Å²) >= 11 is 0. The van der Waals surface area contributed by atoms with Gasteiger partial charge in [0.05, 0.1) is 24.2 Å². The number of morpholine rings is 1. The number of aromatic nitrogens is 1. The smallest absolute Gasteiger partial charge is 0.416 e. The molecular weight excluding hydrogens is 518 g/mol. The molecule has 0 N–H and O–H groups in total. The fourth-order valence-electron chi connectivity index (χ4n) is 4.03. The Labute approximate surface area is 212 Å². The number of halogens is 6. The van der Waals surface area contributed by atoms with Crippen LogP contribution in [0.1, 0.15) is 33.9 Å². The van der Waals surface area contributed by atoms with Gasteiger partial charge in [0.25, 0.3) is 0 Å². The van der Waals surface area contributed by atoms with Gasteiger partial charge in [-0.1, -0.05) is 36.4 Å². The molecule has 0 bridgehead atoms. The maximum Gasteiger partial charge on any atom is 0.416 e. The zero-order valence-electron chi connectivity index (χ0n) is 19.5. The highest BCUT2D eigenvalue weighted by Gasteiger charge is 2.42. The average Bonchev–Trinajstić information content (AvgIpc) is 2.87. The SMILES string of the molecule is O=C1CN(C(=O)Cc2cccnc2)[C@H](c2ccccc2)[C@@H](OCc2cc(C(F)(F)F)cc(C(F)(F)F)c2)O1. The van der Waals surface area contributed by atoms with Crippen molar-refractivity contribution in [1.29, 1.82) is 0 Å². The molecule has 1 aromatic heterocycles. The summed E-state index contributed by atoms with van der Waals surface area (Å²) in [4.78, 5) is 30.8. The molecule has 38 heavy (non-hydrogen) atoms. The first-order valence-electron chi connectivity index (χ1n) is 11.2. The number of benzene rings is 2. The Kier molecular flexibility index (Phi) is 7.72. The molecule has 1 aliphatic rings. The van der Waals surface area contributed by atoms with Crippen LogP contribution in [0.4, 0.5) is 26.3 Å². The number of carbonyl (C=O) groups excluding carboxylic acids is 2. The number of hydrogen-bond acceptors (Lipinski definition) is 5. The van der Waals surface area contributed by atoms with Crippen molar-refractivity contribution < 1.29 is 45.4 Å². The topological polar surface area (TPSA) is 68.7 Å². The highest BCUT2D eigenvalue weighted by molar-refractivity contribution is 5.85. The Bertz CT molecular complexity index is 1250. The van der Waals surface area contributed by atoms with Crippen LogP contribution in [-0.2, 0) is 44.4 Å². The van der Waals surface area contributed by atoms with Gasteiger partial charge in [0, 0.05) is 12.4 Å². The largest absolute Gasteiger partial charge is 0.432 e. The molecule has 2 atom stereocenters. The monoisotopic (exact) mass is 538 g/mol. The average molecular weight is 538 g/mol. The minimum absolute atomic E-state index is 0.00967. The number of rotatable bonds is 6. The van der Waals surface area contributed by atoms with Crippen molar-refractivity contribution in [3.05, 3.63) is 101 Å². The van der Waals surface area contributed by atoms with E-state index in [9.17, 15) is 35.9 Å². The Hall–Kier alpha value is -3.93. The van der Waals surface area contributed by atoms with E-state index in [1.54, 1.807) is 42.5 Å². The second-order valence-electron chi connectivity index (χ2n) is 8.50. The van der Waals surface area contributed by atoms with Crippen molar-refractivity contribution in [1.82, 2.24) is 9.88 Å². The number of nitrogens with zero attached hydrogens (tertiary/aromatic N) is 2. The lowest BCUT2D eigenvalue weighted by atomic mass is 10.0. The van der Waals surface area contributed by atoms with E-state index in [0.29, 0.717) is 23.3 Å². The summed E-state index contributed by atoms with van der Waals surface area (Å²) in [5.41, 5.74) is -2.37. The van der Waals surface area contributed by atoms with E-state index >= 15 is 0 Å². The van der Waals surface area contributed by atoms with E-state index in [4.69, 9.17) is 9.47 Å². The Morgan fingerprint density at radius 3 is 2.18 bits per heavy atom. The maximum atomic E-state index is 13.3. The van der Waals surface area contributed by atoms with Crippen molar-refractivity contribution in [2.24, 2.45) is 0 Å². The van der Waals surface area contributed by atoms with Crippen LogP contribution in [0.3, 0.4) is 0 Å². The van der Waals surface area contributed by atoms with E-state index in [-0.39, 0.29) is 12.5 Å². The van der Waals surface area contributed by atoms with Gasteiger partial charge in [0.1, 0.15) is 12.6 Å². The van der Waals surface area contributed by atoms with Gasteiger partial charge in [0.2, 0.25) is 12.2 Å². The highest BCUT2D eigenvalue weighted by atomic mass is 19.4. The number of amides is 1. The molecule has 0 spiro atoms. The predicted octanol–water partition coefficient (Wildman–Crippen LogP) is 5.33. The first-order chi connectivity index (χ1) is 17.9. The summed E-state index contributed by atoms with van der Waals surface area (Å²) < 4.78 is 90.4. The molecule has 1 amide bonds. The van der Waals surface area contributed by atoms with E-state index in [2.05, 4.69) is 4.98 Å². The standard InChI is InChI=1S/C26H20F6N2O4/c27-25(28,29)19-9-17(10-20(12-19)26(30,31)32)15-37-24-23(18-6-2-1-3-7-18)34(14-22(36)38-24)21(35)11-16-5-4-8-33-13-16/h1-10,12-13,23-24H,11,14-15H2/t23-,24+/m1/s1. The number of hydrogen-bond donors (Lipinski definition) is 0. The van der Waals surface area contributed by atoms with Crippen LogP contribution < -0.4 is 0 Å². The van der Waals surface area contributed by atoms with Crippen LogP contribution >= 0.6 is 0 Å². The van der Waals surface area contributed by atoms with Crippen molar-refractivity contribution in [3.8, 4) is 0 Å². The van der Waals surface area contributed by atoms with Gasteiger partial charge in [0.15, 0.2) is 0 Å². The number of carbonyl (C=O) groups is 2. The van der Waals surface area contributed by atoms with Crippen LogP contribution in [0.25, 0.3) is 0 Å². The van der Waals surface area contributed by atoms with E-state index in [1.165, 1.54) is 17.3 Å². The first-order valence-corrected chi connectivity index (χ1v) is 11.2.